The molecule has 90 valence electrons. The normalized spacial score (nSPS) is 20.8. The summed E-state index contributed by atoms with van der Waals surface area (Å²) in [4.78, 5) is 2.46. The van der Waals surface area contributed by atoms with Crippen LogP contribution in [0, 0.1) is 0 Å². The molecule has 0 atom stereocenters. The van der Waals surface area contributed by atoms with Crippen molar-refractivity contribution < 1.29 is 4.74 Å². The molecular weight excluding hydrogens is 188 g/mol. The summed E-state index contributed by atoms with van der Waals surface area (Å²) in [6.07, 6.45) is 7.71. The topological polar surface area (TPSA) is 38.5 Å². The fraction of sp³-hybridized carbons (Fsp3) is 1.00. The monoisotopic (exact) mass is 214 g/mol. The molecule has 0 bridgehead atoms. The number of methoxy groups -OCH3 is 1. The van der Waals surface area contributed by atoms with Gasteiger partial charge in [0.1, 0.15) is 0 Å². The molecule has 0 spiro atoms. The Labute approximate surface area is 94.0 Å². The lowest BCUT2D eigenvalue weighted by Gasteiger charge is -2.44. The highest BCUT2D eigenvalue weighted by Gasteiger charge is 2.33. The third-order valence-electron chi connectivity index (χ3n) is 3.82. The molecule has 0 amide bonds. The van der Waals surface area contributed by atoms with Gasteiger partial charge < -0.3 is 10.5 Å². The molecule has 0 unspecified atom stereocenters. The molecule has 0 aromatic rings. The molecule has 0 aromatic heterocycles. The summed E-state index contributed by atoms with van der Waals surface area (Å²) in [5.74, 6) is 0. The molecule has 0 aliphatic heterocycles. The molecule has 1 fully saturated rings. The van der Waals surface area contributed by atoms with Crippen LogP contribution in [-0.2, 0) is 4.74 Å². The van der Waals surface area contributed by atoms with E-state index in [-0.39, 0.29) is 5.54 Å². The van der Waals surface area contributed by atoms with Gasteiger partial charge in [-0.15, -0.1) is 0 Å². The second-order valence-corrected chi connectivity index (χ2v) is 4.76. The highest BCUT2D eigenvalue weighted by atomic mass is 16.5. The van der Waals surface area contributed by atoms with Gasteiger partial charge in [0.05, 0.1) is 0 Å². The van der Waals surface area contributed by atoms with Crippen LogP contribution in [0.25, 0.3) is 0 Å². The molecule has 1 rings (SSSR count). The van der Waals surface area contributed by atoms with Crippen LogP contribution in [0.1, 0.15) is 38.5 Å². The quantitative estimate of drug-likeness (QED) is 0.683. The van der Waals surface area contributed by atoms with Crippen molar-refractivity contribution in [1.29, 1.82) is 0 Å². The Kier molecular flexibility index (Phi) is 5.58. The lowest BCUT2D eigenvalue weighted by molar-refractivity contribution is 0.0721. The lowest BCUT2D eigenvalue weighted by atomic mass is 9.80. The maximum Gasteiger partial charge on any atom is 0.0474 e. The van der Waals surface area contributed by atoms with Crippen LogP contribution >= 0.6 is 0 Å². The van der Waals surface area contributed by atoms with Gasteiger partial charge in [0.15, 0.2) is 0 Å². The van der Waals surface area contributed by atoms with E-state index in [0.29, 0.717) is 0 Å². The van der Waals surface area contributed by atoms with E-state index in [1.54, 1.807) is 7.11 Å². The first kappa shape index (κ1) is 12.9. The zero-order valence-corrected chi connectivity index (χ0v) is 10.3. The molecule has 1 aliphatic carbocycles. The van der Waals surface area contributed by atoms with Gasteiger partial charge >= 0.3 is 0 Å². The Morgan fingerprint density at radius 2 is 1.93 bits per heavy atom. The van der Waals surface area contributed by atoms with Crippen molar-refractivity contribution in [3.8, 4) is 0 Å². The molecule has 15 heavy (non-hydrogen) atoms. The summed E-state index contributed by atoms with van der Waals surface area (Å²) >= 11 is 0. The second-order valence-electron chi connectivity index (χ2n) is 4.76. The minimum Gasteiger partial charge on any atom is -0.385 e. The molecule has 2 N–H and O–H groups in total. The average molecular weight is 214 g/mol. The van der Waals surface area contributed by atoms with Crippen molar-refractivity contribution in [3.63, 3.8) is 0 Å². The summed E-state index contributed by atoms with van der Waals surface area (Å²) in [5.41, 5.74) is 6.25. The Hall–Kier alpha value is -0.120. The van der Waals surface area contributed by atoms with Gasteiger partial charge in [0.2, 0.25) is 0 Å². The van der Waals surface area contributed by atoms with E-state index in [1.165, 1.54) is 32.1 Å². The van der Waals surface area contributed by atoms with Crippen LogP contribution < -0.4 is 5.73 Å². The number of nitrogens with two attached hydrogens (primary N) is 1. The number of nitrogens with zero attached hydrogens (tertiary/aromatic N) is 1. The fourth-order valence-electron chi connectivity index (χ4n) is 2.63. The fourth-order valence-corrected chi connectivity index (χ4v) is 2.63. The predicted molar refractivity (Wildman–Crippen MR) is 64.0 cm³/mol. The summed E-state index contributed by atoms with van der Waals surface area (Å²) in [6, 6.07) is 0. The third-order valence-corrected chi connectivity index (χ3v) is 3.82. The summed E-state index contributed by atoms with van der Waals surface area (Å²) in [7, 11) is 3.98. The Bertz CT molecular complexity index is 167. The molecule has 0 radical (unpaired) electrons. The van der Waals surface area contributed by atoms with Crippen LogP contribution in [0.4, 0.5) is 0 Å². The van der Waals surface area contributed by atoms with Crippen molar-refractivity contribution in [1.82, 2.24) is 4.90 Å². The van der Waals surface area contributed by atoms with Crippen LogP contribution in [-0.4, -0.2) is 44.3 Å². The molecule has 0 aromatic carbocycles. The number of hydrogen-bond donors (Lipinski definition) is 1. The number of rotatable bonds is 6. The Morgan fingerprint density at radius 1 is 1.27 bits per heavy atom. The van der Waals surface area contributed by atoms with E-state index in [0.717, 1.165) is 26.1 Å². The SMILES string of the molecule is COCCCN(C)C1(CN)CCCCC1. The van der Waals surface area contributed by atoms with E-state index in [1.807, 2.05) is 0 Å². The van der Waals surface area contributed by atoms with E-state index in [2.05, 4.69) is 11.9 Å². The Balaban J connectivity index is 2.40. The Morgan fingerprint density at radius 3 is 2.47 bits per heavy atom. The molecule has 0 saturated heterocycles. The van der Waals surface area contributed by atoms with Crippen molar-refractivity contribution in [3.05, 3.63) is 0 Å². The van der Waals surface area contributed by atoms with Crippen LogP contribution in [0.2, 0.25) is 0 Å². The molecule has 1 saturated carbocycles. The van der Waals surface area contributed by atoms with Crippen molar-refractivity contribution in [2.45, 2.75) is 44.1 Å². The van der Waals surface area contributed by atoms with Gasteiger partial charge in [0.25, 0.3) is 0 Å². The van der Waals surface area contributed by atoms with Crippen LogP contribution in [0.5, 0.6) is 0 Å². The third kappa shape index (κ3) is 3.44. The summed E-state index contributed by atoms with van der Waals surface area (Å²) < 4.78 is 5.09. The summed E-state index contributed by atoms with van der Waals surface area (Å²) in [5, 5.41) is 0. The first-order valence-electron chi connectivity index (χ1n) is 6.15. The molecule has 1 aliphatic rings. The maximum absolute atomic E-state index is 5.97. The second kappa shape index (κ2) is 6.46. The number of likely N-dealkylation sites (N-methyl/N-ethyl adjacent to an activating group) is 1. The zero-order chi connectivity index (χ0) is 11.1. The van der Waals surface area contributed by atoms with Gasteiger partial charge in [0, 0.05) is 32.3 Å². The van der Waals surface area contributed by atoms with Crippen molar-refractivity contribution in [2.75, 3.05) is 33.9 Å². The van der Waals surface area contributed by atoms with Gasteiger partial charge in [-0.25, -0.2) is 0 Å². The summed E-state index contributed by atoms with van der Waals surface area (Å²) in [6.45, 7) is 2.76. The number of ether oxygens (including phenoxy) is 1. The minimum atomic E-state index is 0.284. The standard InChI is InChI=1S/C12H26N2O/c1-14(9-6-10-15-2)12(11-13)7-4-3-5-8-12/h3-11,13H2,1-2H3. The number of hydrogen-bond acceptors (Lipinski definition) is 3. The van der Waals surface area contributed by atoms with Crippen molar-refractivity contribution in [2.24, 2.45) is 5.73 Å². The van der Waals surface area contributed by atoms with E-state index in [4.69, 9.17) is 10.5 Å². The zero-order valence-electron chi connectivity index (χ0n) is 10.3. The van der Waals surface area contributed by atoms with Crippen LogP contribution in [0.3, 0.4) is 0 Å². The smallest absolute Gasteiger partial charge is 0.0474 e. The van der Waals surface area contributed by atoms with Crippen LogP contribution in [0.15, 0.2) is 0 Å². The van der Waals surface area contributed by atoms with E-state index >= 15 is 0 Å². The minimum absolute atomic E-state index is 0.284. The lowest BCUT2D eigenvalue weighted by Crippen LogP contribution is -2.53. The molecule has 0 heterocycles. The molecular formula is C12H26N2O. The highest BCUT2D eigenvalue weighted by molar-refractivity contribution is 4.92. The molecule has 3 heteroatoms. The maximum atomic E-state index is 5.97. The van der Waals surface area contributed by atoms with Gasteiger partial charge in [-0.2, -0.15) is 0 Å². The van der Waals surface area contributed by atoms with Gasteiger partial charge in [-0.3, -0.25) is 4.90 Å². The largest absolute Gasteiger partial charge is 0.385 e. The van der Waals surface area contributed by atoms with E-state index in [9.17, 15) is 0 Å². The first-order chi connectivity index (χ1) is 7.25. The highest BCUT2D eigenvalue weighted by Crippen LogP contribution is 2.31. The van der Waals surface area contributed by atoms with Crippen molar-refractivity contribution >= 4 is 0 Å². The average Bonchev–Trinajstić information content (AvgIpc) is 2.30. The van der Waals surface area contributed by atoms with E-state index < -0.39 is 0 Å². The van der Waals surface area contributed by atoms with Gasteiger partial charge in [-0.05, 0) is 26.3 Å². The first-order valence-corrected chi connectivity index (χ1v) is 6.15. The van der Waals surface area contributed by atoms with Gasteiger partial charge in [-0.1, -0.05) is 19.3 Å². The molecule has 3 nitrogen and oxygen atoms in total. The predicted octanol–water partition coefficient (Wildman–Crippen LogP) is 1.62.